The summed E-state index contributed by atoms with van der Waals surface area (Å²) >= 11 is 0. The van der Waals surface area contributed by atoms with Crippen LogP contribution in [0, 0.1) is 5.92 Å². The summed E-state index contributed by atoms with van der Waals surface area (Å²) < 4.78 is 0. The van der Waals surface area contributed by atoms with E-state index in [1.165, 1.54) is 63.0 Å². The van der Waals surface area contributed by atoms with Crippen molar-refractivity contribution in [2.24, 2.45) is 11.7 Å². The minimum Gasteiger partial charge on any atom is -0.330 e. The van der Waals surface area contributed by atoms with Gasteiger partial charge in [0.25, 0.3) is 0 Å². The summed E-state index contributed by atoms with van der Waals surface area (Å²) in [7, 11) is 0. The Labute approximate surface area is 141 Å². The summed E-state index contributed by atoms with van der Waals surface area (Å²) in [5.41, 5.74) is 8.50. The van der Waals surface area contributed by atoms with Crippen LogP contribution in [0.1, 0.15) is 43.7 Å². The highest BCUT2D eigenvalue weighted by Gasteiger charge is 2.28. The maximum Gasteiger partial charge on any atom is 0.0233 e. The lowest BCUT2D eigenvalue weighted by molar-refractivity contribution is 0.108. The van der Waals surface area contributed by atoms with Crippen molar-refractivity contribution in [1.29, 1.82) is 0 Å². The van der Waals surface area contributed by atoms with Crippen LogP contribution in [-0.2, 0) is 13.0 Å². The van der Waals surface area contributed by atoms with Crippen molar-refractivity contribution in [1.82, 2.24) is 9.80 Å². The van der Waals surface area contributed by atoms with Crippen LogP contribution in [0.15, 0.2) is 24.3 Å². The van der Waals surface area contributed by atoms with Gasteiger partial charge in [-0.05, 0) is 88.8 Å². The normalized spacial score (nSPS) is 22.5. The molecule has 1 aromatic carbocycles. The van der Waals surface area contributed by atoms with Gasteiger partial charge in [-0.15, -0.1) is 0 Å². The molecule has 1 unspecified atom stereocenters. The molecule has 0 aromatic heterocycles. The van der Waals surface area contributed by atoms with Gasteiger partial charge in [-0.2, -0.15) is 0 Å². The Morgan fingerprint density at radius 3 is 2.48 bits per heavy atom. The highest BCUT2D eigenvalue weighted by molar-refractivity contribution is 5.23. The van der Waals surface area contributed by atoms with Crippen molar-refractivity contribution in [3.63, 3.8) is 0 Å². The molecular formula is C20H33N3. The first-order chi connectivity index (χ1) is 11.3. The first-order valence-electron chi connectivity index (χ1n) is 9.50. The second-order valence-corrected chi connectivity index (χ2v) is 7.46. The summed E-state index contributed by atoms with van der Waals surface area (Å²) in [6.07, 6.45) is 6.52. The van der Waals surface area contributed by atoms with Gasteiger partial charge in [0.1, 0.15) is 0 Å². The highest BCUT2D eigenvalue weighted by Crippen LogP contribution is 2.27. The molecule has 0 radical (unpaired) electrons. The zero-order valence-electron chi connectivity index (χ0n) is 14.7. The van der Waals surface area contributed by atoms with Crippen LogP contribution in [0.3, 0.4) is 0 Å². The number of rotatable bonds is 6. The predicted octanol–water partition coefficient (Wildman–Crippen LogP) is 2.88. The Bertz CT molecular complexity index is 474. The van der Waals surface area contributed by atoms with E-state index in [-0.39, 0.29) is 0 Å². The molecule has 2 aliphatic rings. The van der Waals surface area contributed by atoms with Gasteiger partial charge in [-0.1, -0.05) is 24.3 Å². The third-order valence-corrected chi connectivity index (χ3v) is 5.86. The summed E-state index contributed by atoms with van der Waals surface area (Å²) in [4.78, 5) is 5.35. The third kappa shape index (κ3) is 4.56. The molecule has 1 atom stereocenters. The van der Waals surface area contributed by atoms with Gasteiger partial charge in [0.2, 0.25) is 0 Å². The Morgan fingerprint density at radius 2 is 1.78 bits per heavy atom. The maximum atomic E-state index is 5.68. The maximum absolute atomic E-state index is 5.68. The molecule has 0 saturated carbocycles. The summed E-state index contributed by atoms with van der Waals surface area (Å²) in [6.45, 7) is 9.47. The zero-order chi connectivity index (χ0) is 16.1. The fourth-order valence-corrected chi connectivity index (χ4v) is 4.35. The van der Waals surface area contributed by atoms with Crippen molar-refractivity contribution < 1.29 is 0 Å². The largest absolute Gasteiger partial charge is 0.330 e. The van der Waals surface area contributed by atoms with E-state index in [9.17, 15) is 0 Å². The van der Waals surface area contributed by atoms with Crippen molar-refractivity contribution in [2.45, 2.75) is 51.6 Å². The number of hydrogen-bond acceptors (Lipinski definition) is 3. The average molecular weight is 316 g/mol. The predicted molar refractivity (Wildman–Crippen MR) is 97.5 cm³/mol. The van der Waals surface area contributed by atoms with E-state index in [4.69, 9.17) is 5.73 Å². The molecule has 128 valence electrons. The highest BCUT2D eigenvalue weighted by atomic mass is 15.2. The number of hydrogen-bond donors (Lipinski definition) is 1. The second-order valence-electron chi connectivity index (χ2n) is 7.46. The van der Waals surface area contributed by atoms with E-state index >= 15 is 0 Å². The number of nitrogens with two attached hydrogens (primary N) is 1. The molecule has 0 spiro atoms. The molecule has 0 aliphatic carbocycles. The fraction of sp³-hybridized carbons (Fsp3) is 0.700. The Balaban J connectivity index is 1.48. The van der Waals surface area contributed by atoms with Crippen molar-refractivity contribution >= 4 is 0 Å². The van der Waals surface area contributed by atoms with Crippen molar-refractivity contribution in [3.05, 3.63) is 35.4 Å². The van der Waals surface area contributed by atoms with Crippen molar-refractivity contribution in [2.75, 3.05) is 32.7 Å². The van der Waals surface area contributed by atoms with Gasteiger partial charge in [0.05, 0.1) is 0 Å². The van der Waals surface area contributed by atoms with Gasteiger partial charge in [-0.3, -0.25) is 4.90 Å². The minimum atomic E-state index is 0.739. The van der Waals surface area contributed by atoms with E-state index in [1.54, 1.807) is 0 Å². The Morgan fingerprint density at radius 1 is 1.09 bits per heavy atom. The summed E-state index contributed by atoms with van der Waals surface area (Å²) in [5, 5.41) is 0. The number of benzene rings is 1. The molecule has 0 amide bonds. The lowest BCUT2D eigenvalue weighted by atomic mass is 9.89. The average Bonchev–Trinajstić information content (AvgIpc) is 3.10. The lowest BCUT2D eigenvalue weighted by Gasteiger charge is -2.38. The molecule has 23 heavy (non-hydrogen) atoms. The van der Waals surface area contributed by atoms with Crippen molar-refractivity contribution in [3.8, 4) is 0 Å². The summed E-state index contributed by atoms with van der Waals surface area (Å²) in [5.74, 6) is 0.896. The molecule has 3 heteroatoms. The standard InChI is InChI=1S/C20H33N3/c1-17(23-11-2-3-12-23)20-8-13-22(14-9-20)16-19-6-4-5-18(15-19)7-10-21/h4-6,15,17,20H,2-3,7-14,16,21H2,1H3. The Kier molecular flexibility index (Phi) is 6.09. The first-order valence-corrected chi connectivity index (χ1v) is 9.50. The molecule has 2 N–H and O–H groups in total. The molecule has 2 saturated heterocycles. The van der Waals surface area contributed by atoms with Crippen LogP contribution in [0.5, 0.6) is 0 Å². The number of piperidine rings is 1. The smallest absolute Gasteiger partial charge is 0.0233 e. The number of likely N-dealkylation sites (tertiary alicyclic amines) is 2. The molecule has 3 rings (SSSR count). The first kappa shape index (κ1) is 16.9. The minimum absolute atomic E-state index is 0.739. The molecular weight excluding hydrogens is 282 g/mol. The lowest BCUT2D eigenvalue weighted by Crippen LogP contribution is -2.42. The molecule has 3 nitrogen and oxygen atoms in total. The van der Waals surface area contributed by atoms with Crippen LogP contribution in [0.4, 0.5) is 0 Å². The van der Waals surface area contributed by atoms with E-state index in [0.717, 1.165) is 31.5 Å². The Hall–Kier alpha value is -0.900. The van der Waals surface area contributed by atoms with Crippen LogP contribution in [-0.4, -0.2) is 48.6 Å². The SMILES string of the molecule is CC(C1CCN(Cc2cccc(CCN)c2)CC1)N1CCCC1. The fourth-order valence-electron chi connectivity index (χ4n) is 4.35. The topological polar surface area (TPSA) is 32.5 Å². The van der Waals surface area contributed by atoms with Gasteiger partial charge in [0, 0.05) is 12.6 Å². The van der Waals surface area contributed by atoms with Crippen LogP contribution in [0.2, 0.25) is 0 Å². The molecule has 2 fully saturated rings. The van der Waals surface area contributed by atoms with Crippen LogP contribution < -0.4 is 5.73 Å². The van der Waals surface area contributed by atoms with Gasteiger partial charge in [-0.25, -0.2) is 0 Å². The molecule has 2 heterocycles. The van der Waals surface area contributed by atoms with E-state index in [1.807, 2.05) is 0 Å². The quantitative estimate of drug-likeness (QED) is 0.876. The monoisotopic (exact) mass is 315 g/mol. The summed E-state index contributed by atoms with van der Waals surface area (Å²) in [6, 6.07) is 9.76. The van der Waals surface area contributed by atoms with Gasteiger partial charge in [0.15, 0.2) is 0 Å². The molecule has 2 aliphatic heterocycles. The van der Waals surface area contributed by atoms with E-state index < -0.39 is 0 Å². The molecule has 0 bridgehead atoms. The van der Waals surface area contributed by atoms with E-state index in [0.29, 0.717) is 0 Å². The second kappa shape index (κ2) is 8.27. The van der Waals surface area contributed by atoms with Gasteiger partial charge < -0.3 is 10.6 Å². The zero-order valence-corrected chi connectivity index (χ0v) is 14.7. The third-order valence-electron chi connectivity index (χ3n) is 5.86. The molecule has 1 aromatic rings. The van der Waals surface area contributed by atoms with E-state index in [2.05, 4.69) is 41.0 Å². The van der Waals surface area contributed by atoms with Crippen LogP contribution >= 0.6 is 0 Å². The number of nitrogens with zero attached hydrogens (tertiary/aromatic N) is 2. The van der Waals surface area contributed by atoms with Crippen LogP contribution in [0.25, 0.3) is 0 Å². The van der Waals surface area contributed by atoms with Gasteiger partial charge >= 0.3 is 0 Å².